The lowest BCUT2D eigenvalue weighted by atomic mass is 9.54. The van der Waals surface area contributed by atoms with Crippen LogP contribution in [0.15, 0.2) is 24.3 Å². The molecule has 1 aliphatic rings. The first kappa shape index (κ1) is 23.7. The van der Waals surface area contributed by atoms with Gasteiger partial charge in [-0.15, -0.1) is 12.4 Å². The van der Waals surface area contributed by atoms with Gasteiger partial charge in [-0.3, -0.25) is 4.79 Å². The van der Waals surface area contributed by atoms with E-state index < -0.39 is 5.54 Å². The number of hydrogen-bond acceptors (Lipinski definition) is 4. The van der Waals surface area contributed by atoms with Gasteiger partial charge in [0.2, 0.25) is 5.91 Å². The van der Waals surface area contributed by atoms with Crippen LogP contribution in [0, 0.1) is 5.41 Å². The molecule has 0 bridgehead atoms. The van der Waals surface area contributed by atoms with Crippen molar-refractivity contribution in [3.05, 3.63) is 29.8 Å². The van der Waals surface area contributed by atoms with Crippen LogP contribution in [0.1, 0.15) is 52.5 Å². The van der Waals surface area contributed by atoms with Crippen LogP contribution in [-0.4, -0.2) is 37.3 Å². The van der Waals surface area contributed by atoms with E-state index in [2.05, 4.69) is 12.2 Å². The Morgan fingerprint density at radius 3 is 2.48 bits per heavy atom. The van der Waals surface area contributed by atoms with Crippen LogP contribution in [0.2, 0.25) is 0 Å². The van der Waals surface area contributed by atoms with E-state index in [1.807, 2.05) is 45.0 Å². The van der Waals surface area contributed by atoms with Crippen LogP contribution in [-0.2, 0) is 16.0 Å². The van der Waals surface area contributed by atoms with Gasteiger partial charge in [0.05, 0.1) is 12.7 Å². The number of carbonyl (C=O) groups excluding carboxylic acids is 1. The van der Waals surface area contributed by atoms with Crippen LogP contribution >= 0.6 is 12.4 Å². The summed E-state index contributed by atoms with van der Waals surface area (Å²) in [5, 5.41) is 3.00. The Hall–Kier alpha value is -1.30. The summed E-state index contributed by atoms with van der Waals surface area (Å²) in [7, 11) is 0. The van der Waals surface area contributed by atoms with Crippen molar-refractivity contribution in [3.8, 4) is 5.75 Å². The normalized spacial score (nSPS) is 23.1. The van der Waals surface area contributed by atoms with Crippen molar-refractivity contribution in [3.63, 3.8) is 0 Å². The summed E-state index contributed by atoms with van der Waals surface area (Å²) in [4.78, 5) is 12.6. The smallest absolute Gasteiger partial charge is 0.240 e. The molecule has 3 N–H and O–H groups in total. The second-order valence-corrected chi connectivity index (χ2v) is 7.69. The summed E-state index contributed by atoms with van der Waals surface area (Å²) in [5.41, 5.74) is 6.35. The third-order valence-corrected chi connectivity index (χ3v) is 5.62. The van der Waals surface area contributed by atoms with Crippen molar-refractivity contribution >= 4 is 18.3 Å². The molecule has 5 nitrogen and oxygen atoms in total. The van der Waals surface area contributed by atoms with Crippen LogP contribution < -0.4 is 15.8 Å². The highest BCUT2D eigenvalue weighted by atomic mass is 35.5. The molecule has 6 heteroatoms. The van der Waals surface area contributed by atoms with Gasteiger partial charge >= 0.3 is 0 Å². The zero-order chi connectivity index (χ0) is 19.2. The molecule has 154 valence electrons. The Morgan fingerprint density at radius 1 is 1.26 bits per heavy atom. The van der Waals surface area contributed by atoms with Gasteiger partial charge in [0.15, 0.2) is 0 Å². The van der Waals surface area contributed by atoms with Crippen LogP contribution in [0.4, 0.5) is 0 Å². The van der Waals surface area contributed by atoms with Crippen molar-refractivity contribution in [1.82, 2.24) is 5.32 Å². The minimum absolute atomic E-state index is 0. The first-order valence-corrected chi connectivity index (χ1v) is 9.75. The highest BCUT2D eigenvalue weighted by molar-refractivity contribution is 5.88. The zero-order valence-electron chi connectivity index (χ0n) is 17.0. The molecule has 1 aliphatic carbocycles. The predicted molar refractivity (Wildman–Crippen MR) is 112 cm³/mol. The Bertz CT molecular complexity index is 592. The fraction of sp³-hybridized carbons (Fsp3) is 0.667. The zero-order valence-corrected chi connectivity index (χ0v) is 17.9. The third-order valence-electron chi connectivity index (χ3n) is 5.62. The number of nitrogens with one attached hydrogen (secondary N) is 1. The molecule has 0 aliphatic heterocycles. The van der Waals surface area contributed by atoms with Crippen LogP contribution in [0.5, 0.6) is 5.75 Å². The van der Waals surface area contributed by atoms with Gasteiger partial charge in [0.1, 0.15) is 11.3 Å². The maximum Gasteiger partial charge on any atom is 0.240 e. The molecule has 0 saturated heterocycles. The van der Waals surface area contributed by atoms with Crippen molar-refractivity contribution in [2.45, 2.75) is 65.0 Å². The van der Waals surface area contributed by atoms with Gasteiger partial charge in [0, 0.05) is 25.0 Å². The third kappa shape index (κ3) is 5.37. The lowest BCUT2D eigenvalue weighted by Gasteiger charge is -2.57. The number of nitrogens with two attached hydrogens (primary N) is 1. The van der Waals surface area contributed by atoms with E-state index >= 15 is 0 Å². The minimum atomic E-state index is -0.857. The maximum absolute atomic E-state index is 12.6. The Balaban J connectivity index is 0.00000364. The standard InChI is InChI=1S/C21H34N2O3.ClH/c1-5-7-14-26-17-10-8-16(9-11-17)12-13-23-19(24)21(22)15-18(25-6-2)20(21,3)4;/h8-11,18H,5-7,12-15,22H2,1-4H3,(H,23,24);1H. The summed E-state index contributed by atoms with van der Waals surface area (Å²) in [5.74, 6) is 0.809. The SMILES string of the molecule is CCCCOc1ccc(CCNC(=O)C2(N)CC(OCC)C2(C)C)cc1.Cl. The van der Waals surface area contributed by atoms with E-state index in [1.165, 1.54) is 5.56 Å². The number of rotatable bonds is 10. The van der Waals surface area contributed by atoms with E-state index in [1.54, 1.807) is 0 Å². The Labute approximate surface area is 169 Å². The van der Waals surface area contributed by atoms with E-state index in [4.69, 9.17) is 15.2 Å². The average Bonchev–Trinajstić information content (AvgIpc) is 2.62. The van der Waals surface area contributed by atoms with E-state index in [-0.39, 0.29) is 29.8 Å². The lowest BCUT2D eigenvalue weighted by Crippen LogP contribution is -2.75. The molecule has 1 saturated carbocycles. The van der Waals surface area contributed by atoms with Gasteiger partial charge in [-0.2, -0.15) is 0 Å². The summed E-state index contributed by atoms with van der Waals surface area (Å²) in [6.07, 6.45) is 3.58. The largest absolute Gasteiger partial charge is 0.494 e. The van der Waals surface area contributed by atoms with E-state index in [9.17, 15) is 4.79 Å². The first-order valence-electron chi connectivity index (χ1n) is 9.75. The molecule has 0 radical (unpaired) electrons. The van der Waals surface area contributed by atoms with Gasteiger partial charge < -0.3 is 20.5 Å². The number of unbranched alkanes of at least 4 members (excludes halogenated alkanes) is 1. The number of hydrogen-bond donors (Lipinski definition) is 2. The van der Waals surface area contributed by atoms with E-state index in [0.29, 0.717) is 19.6 Å². The summed E-state index contributed by atoms with van der Waals surface area (Å²) in [6, 6.07) is 8.06. The molecule has 2 rings (SSSR count). The topological polar surface area (TPSA) is 73.6 Å². The van der Waals surface area contributed by atoms with Gasteiger partial charge in [-0.05, 0) is 37.5 Å². The number of halogens is 1. The van der Waals surface area contributed by atoms with E-state index in [0.717, 1.165) is 31.6 Å². The Morgan fingerprint density at radius 2 is 1.93 bits per heavy atom. The van der Waals surface area contributed by atoms with Crippen LogP contribution in [0.25, 0.3) is 0 Å². The Kier molecular flexibility index (Phi) is 9.06. The molecule has 0 spiro atoms. The highest BCUT2D eigenvalue weighted by Crippen LogP contribution is 2.49. The lowest BCUT2D eigenvalue weighted by molar-refractivity contribution is -0.170. The van der Waals surface area contributed by atoms with Crippen molar-refractivity contribution in [1.29, 1.82) is 0 Å². The summed E-state index contributed by atoms with van der Waals surface area (Å²) >= 11 is 0. The molecule has 1 aromatic carbocycles. The second kappa shape index (κ2) is 10.3. The fourth-order valence-corrected chi connectivity index (χ4v) is 3.39. The molecule has 1 aromatic rings. The molecule has 27 heavy (non-hydrogen) atoms. The maximum atomic E-state index is 12.6. The summed E-state index contributed by atoms with van der Waals surface area (Å²) < 4.78 is 11.4. The monoisotopic (exact) mass is 398 g/mol. The van der Waals surface area contributed by atoms with Crippen molar-refractivity contribution in [2.24, 2.45) is 11.1 Å². The molecule has 0 heterocycles. The fourth-order valence-electron chi connectivity index (χ4n) is 3.39. The molecule has 2 unspecified atom stereocenters. The number of carbonyl (C=O) groups is 1. The molecule has 1 fully saturated rings. The minimum Gasteiger partial charge on any atom is -0.494 e. The number of ether oxygens (including phenoxy) is 2. The quantitative estimate of drug-likeness (QED) is 0.592. The van der Waals surface area contributed by atoms with Gasteiger partial charge in [0.25, 0.3) is 0 Å². The molecular formula is C21H35ClN2O3. The average molecular weight is 399 g/mol. The van der Waals surface area contributed by atoms with Crippen molar-refractivity contribution in [2.75, 3.05) is 19.8 Å². The highest BCUT2D eigenvalue weighted by Gasteiger charge is 2.62. The molecular weight excluding hydrogens is 364 g/mol. The van der Waals surface area contributed by atoms with Gasteiger partial charge in [-0.25, -0.2) is 0 Å². The number of benzene rings is 1. The molecule has 0 aromatic heterocycles. The number of amides is 1. The second-order valence-electron chi connectivity index (χ2n) is 7.69. The molecule has 2 atom stereocenters. The van der Waals surface area contributed by atoms with Crippen LogP contribution in [0.3, 0.4) is 0 Å². The predicted octanol–water partition coefficient (Wildman–Crippen LogP) is 3.48. The summed E-state index contributed by atoms with van der Waals surface area (Å²) in [6.45, 7) is 10.1. The molecule has 1 amide bonds. The van der Waals surface area contributed by atoms with Gasteiger partial charge in [-0.1, -0.05) is 39.3 Å². The first-order chi connectivity index (χ1) is 12.3. The van der Waals surface area contributed by atoms with Crippen molar-refractivity contribution < 1.29 is 14.3 Å².